The molecule has 306 valence electrons. The fourth-order valence-electron chi connectivity index (χ4n) is 8.17. The SMILES string of the molecule is COC(=O)NC(C(=O)N1CCCC1c1ncc(-c2ccc(-c3cnc4cc(-c5cnc(C6CCCN6C(O)C(NC(=O)OC)C(C)C)[nH]5)ccc4c3)cc2)[nH]1)C(C)C. The summed E-state index contributed by atoms with van der Waals surface area (Å²) in [7, 11) is 2.61. The van der Waals surface area contributed by atoms with Crippen molar-refractivity contribution < 1.29 is 29.0 Å². The molecule has 2 aromatic carbocycles. The van der Waals surface area contributed by atoms with E-state index in [1.165, 1.54) is 14.2 Å². The molecule has 0 spiro atoms. The number of imidazole rings is 2. The molecule has 2 saturated heterocycles. The first kappa shape index (κ1) is 40.4. The zero-order valence-electron chi connectivity index (χ0n) is 33.9. The third kappa shape index (κ3) is 8.41. The fourth-order valence-corrected chi connectivity index (χ4v) is 8.17. The quantitative estimate of drug-likeness (QED) is 0.0925. The van der Waals surface area contributed by atoms with Crippen molar-refractivity contribution in [3.63, 3.8) is 0 Å². The molecule has 5 heterocycles. The number of pyridine rings is 1. The third-order valence-electron chi connectivity index (χ3n) is 11.4. The lowest BCUT2D eigenvalue weighted by Gasteiger charge is -2.35. The molecule has 5 N–H and O–H groups in total. The molecule has 15 heteroatoms. The lowest BCUT2D eigenvalue weighted by atomic mass is 10.0. The summed E-state index contributed by atoms with van der Waals surface area (Å²) in [5, 5.41) is 17.9. The maximum atomic E-state index is 13.6. The van der Waals surface area contributed by atoms with Crippen LogP contribution >= 0.6 is 0 Å². The normalized spacial score (nSPS) is 18.7. The van der Waals surface area contributed by atoms with Crippen molar-refractivity contribution in [2.24, 2.45) is 11.8 Å². The Morgan fingerprint density at radius 3 is 2.00 bits per heavy atom. The Morgan fingerprint density at radius 2 is 1.33 bits per heavy atom. The van der Waals surface area contributed by atoms with Crippen molar-refractivity contribution in [1.29, 1.82) is 0 Å². The average Bonchev–Trinajstić information content (AvgIpc) is 4.07. The van der Waals surface area contributed by atoms with Crippen molar-refractivity contribution in [2.75, 3.05) is 27.3 Å². The summed E-state index contributed by atoms with van der Waals surface area (Å²) >= 11 is 0. The molecule has 0 aliphatic carbocycles. The Kier molecular flexibility index (Phi) is 12.1. The molecule has 0 saturated carbocycles. The Bertz CT molecular complexity index is 2230. The van der Waals surface area contributed by atoms with Gasteiger partial charge in [-0.1, -0.05) is 64.1 Å². The molecule has 0 bridgehead atoms. The second kappa shape index (κ2) is 17.4. The van der Waals surface area contributed by atoms with Crippen LogP contribution < -0.4 is 10.6 Å². The molecule has 7 rings (SSSR count). The number of carbonyl (C=O) groups excluding carboxylic acids is 3. The number of aromatic nitrogens is 5. The summed E-state index contributed by atoms with van der Waals surface area (Å²) in [5.41, 5.74) is 6.50. The first-order chi connectivity index (χ1) is 27.9. The van der Waals surface area contributed by atoms with E-state index in [1.54, 1.807) is 6.20 Å². The van der Waals surface area contributed by atoms with Gasteiger partial charge in [0.15, 0.2) is 0 Å². The van der Waals surface area contributed by atoms with Gasteiger partial charge in [-0.3, -0.25) is 14.7 Å². The molecule has 3 amide bonds. The molecule has 5 atom stereocenters. The number of aliphatic hydroxyl groups is 1. The molecule has 0 radical (unpaired) electrons. The number of H-pyrrole nitrogens is 2. The highest BCUT2D eigenvalue weighted by Crippen LogP contribution is 2.36. The molecule has 5 aromatic rings. The van der Waals surface area contributed by atoms with Crippen LogP contribution in [0.3, 0.4) is 0 Å². The molecule has 2 aliphatic heterocycles. The zero-order chi connectivity index (χ0) is 41.1. The van der Waals surface area contributed by atoms with Crippen molar-refractivity contribution in [2.45, 2.75) is 83.8 Å². The molecule has 2 fully saturated rings. The fraction of sp³-hybridized carbons (Fsp3) is 0.442. The van der Waals surface area contributed by atoms with Crippen molar-refractivity contribution in [3.8, 4) is 33.6 Å². The standard InChI is InChI=1S/C43H53N9O6/c1-24(2)36(49-42(55)57-5)40(53)51-17-7-9-34(51)38-45-22-32(47-38)27-13-11-26(12-14-27)30-19-28-15-16-29(20-31(28)44-21-30)33-23-46-39(48-33)35-10-8-18-52(35)41(54)37(25(3)4)50-43(56)58-6/h11-16,19-25,34-37,41,54H,7-10,17-18H2,1-6H3,(H,45,47)(H,46,48)(H,49,55)(H,50,56). The zero-order valence-corrected chi connectivity index (χ0v) is 33.9. The molecule has 15 nitrogen and oxygen atoms in total. The number of alkyl carbamates (subject to hydrolysis) is 2. The van der Waals surface area contributed by atoms with Crippen LogP contribution in [0.4, 0.5) is 9.59 Å². The van der Waals surface area contributed by atoms with E-state index in [2.05, 4.69) is 55.9 Å². The minimum Gasteiger partial charge on any atom is -0.453 e. The largest absolute Gasteiger partial charge is 0.453 e. The van der Waals surface area contributed by atoms with Crippen LogP contribution in [-0.4, -0.2) is 104 Å². The van der Waals surface area contributed by atoms with Crippen LogP contribution in [0.5, 0.6) is 0 Å². The van der Waals surface area contributed by atoms with Crippen LogP contribution in [0.2, 0.25) is 0 Å². The number of likely N-dealkylation sites (tertiary alicyclic amines) is 2. The summed E-state index contributed by atoms with van der Waals surface area (Å²) in [6.07, 6.45) is 6.77. The number of nitrogens with zero attached hydrogens (tertiary/aromatic N) is 5. The van der Waals surface area contributed by atoms with E-state index in [9.17, 15) is 19.5 Å². The number of aliphatic hydroxyl groups excluding tert-OH is 1. The minimum atomic E-state index is -0.900. The summed E-state index contributed by atoms with van der Waals surface area (Å²) < 4.78 is 9.56. The van der Waals surface area contributed by atoms with E-state index in [1.807, 2.05) is 68.1 Å². The van der Waals surface area contributed by atoms with E-state index in [-0.39, 0.29) is 29.8 Å². The van der Waals surface area contributed by atoms with Gasteiger partial charge in [-0.05, 0) is 60.8 Å². The summed E-state index contributed by atoms with van der Waals surface area (Å²) in [6.45, 7) is 9.00. The first-order valence-electron chi connectivity index (χ1n) is 20.0. The van der Waals surface area contributed by atoms with Gasteiger partial charge in [-0.15, -0.1) is 0 Å². The number of rotatable bonds is 12. The van der Waals surface area contributed by atoms with Gasteiger partial charge in [0, 0.05) is 35.8 Å². The Morgan fingerprint density at radius 1 is 0.724 bits per heavy atom. The first-order valence-corrected chi connectivity index (χ1v) is 20.0. The molecule has 5 unspecified atom stereocenters. The minimum absolute atomic E-state index is 0.0124. The van der Waals surface area contributed by atoms with Crippen molar-refractivity contribution in [3.05, 3.63) is 78.8 Å². The number of aromatic amines is 2. The Labute approximate surface area is 338 Å². The number of methoxy groups -OCH3 is 2. The second-order valence-corrected chi connectivity index (χ2v) is 15.8. The number of fused-ring (bicyclic) bond motifs is 1. The molecule has 3 aromatic heterocycles. The number of amides is 3. The number of carbonyl (C=O) groups is 3. The van der Waals surface area contributed by atoms with E-state index >= 15 is 0 Å². The highest BCUT2D eigenvalue weighted by molar-refractivity contribution is 5.88. The van der Waals surface area contributed by atoms with Gasteiger partial charge in [0.2, 0.25) is 5.91 Å². The van der Waals surface area contributed by atoms with Crippen molar-refractivity contribution >= 4 is 29.0 Å². The van der Waals surface area contributed by atoms with Crippen molar-refractivity contribution in [1.82, 2.24) is 45.4 Å². The Balaban J connectivity index is 1.02. The van der Waals surface area contributed by atoms with Gasteiger partial charge in [0.25, 0.3) is 0 Å². The summed E-state index contributed by atoms with van der Waals surface area (Å²) in [4.78, 5) is 62.5. The number of benzene rings is 2. The third-order valence-corrected chi connectivity index (χ3v) is 11.4. The Hall–Kier alpha value is -5.80. The van der Waals surface area contributed by atoms with Gasteiger partial charge in [0.1, 0.15) is 23.9 Å². The van der Waals surface area contributed by atoms with Crippen LogP contribution in [0, 0.1) is 11.8 Å². The molecular weight excluding hydrogens is 739 g/mol. The molecular formula is C43H53N9O6. The average molecular weight is 792 g/mol. The second-order valence-electron chi connectivity index (χ2n) is 15.8. The van der Waals surface area contributed by atoms with Crippen LogP contribution in [0.1, 0.15) is 77.1 Å². The molecule has 2 aliphatic rings. The summed E-state index contributed by atoms with van der Waals surface area (Å²) in [5.74, 6) is 1.23. The number of ether oxygens (including phenoxy) is 2. The van der Waals surface area contributed by atoms with E-state index in [4.69, 9.17) is 19.4 Å². The smallest absolute Gasteiger partial charge is 0.407 e. The van der Waals surface area contributed by atoms with Crippen LogP contribution in [-0.2, 0) is 14.3 Å². The summed E-state index contributed by atoms with van der Waals surface area (Å²) in [6, 6.07) is 15.0. The van der Waals surface area contributed by atoms with Crippen LogP contribution in [0.25, 0.3) is 44.5 Å². The number of hydrogen-bond acceptors (Lipinski definition) is 10. The van der Waals surface area contributed by atoms with Gasteiger partial charge in [0.05, 0.1) is 61.6 Å². The van der Waals surface area contributed by atoms with Gasteiger partial charge >= 0.3 is 12.2 Å². The molecule has 58 heavy (non-hydrogen) atoms. The lowest BCUT2D eigenvalue weighted by Crippen LogP contribution is -2.54. The highest BCUT2D eigenvalue weighted by atomic mass is 16.5. The van der Waals surface area contributed by atoms with E-state index < -0.39 is 30.5 Å². The predicted molar refractivity (Wildman–Crippen MR) is 219 cm³/mol. The number of nitrogens with one attached hydrogen (secondary N) is 4. The van der Waals surface area contributed by atoms with Gasteiger partial charge in [-0.25, -0.2) is 19.6 Å². The van der Waals surface area contributed by atoms with E-state index in [0.717, 1.165) is 81.9 Å². The van der Waals surface area contributed by atoms with Crippen LogP contribution in [0.15, 0.2) is 67.1 Å². The predicted octanol–water partition coefficient (Wildman–Crippen LogP) is 6.56. The van der Waals surface area contributed by atoms with Gasteiger partial charge in [-0.2, -0.15) is 0 Å². The number of hydrogen-bond donors (Lipinski definition) is 5. The lowest BCUT2D eigenvalue weighted by molar-refractivity contribution is -0.135. The highest BCUT2D eigenvalue weighted by Gasteiger charge is 2.39. The maximum Gasteiger partial charge on any atom is 0.407 e. The monoisotopic (exact) mass is 791 g/mol. The topological polar surface area (TPSA) is 191 Å². The van der Waals surface area contributed by atoms with Gasteiger partial charge < -0.3 is 40.1 Å². The van der Waals surface area contributed by atoms with E-state index in [0.29, 0.717) is 13.1 Å². The maximum absolute atomic E-state index is 13.6.